The molecule has 3 aromatic rings. The number of anilines is 1. The molecule has 0 spiro atoms. The van der Waals surface area contributed by atoms with Crippen molar-refractivity contribution < 1.29 is 27.1 Å². The lowest BCUT2D eigenvalue weighted by molar-refractivity contribution is -0.114. The molecule has 0 unspecified atom stereocenters. The van der Waals surface area contributed by atoms with Gasteiger partial charge in [-0.2, -0.15) is 0 Å². The summed E-state index contributed by atoms with van der Waals surface area (Å²) in [7, 11) is -1.27. The number of nitrogens with zero attached hydrogens (tertiary/aromatic N) is 1. The molecule has 1 fully saturated rings. The van der Waals surface area contributed by atoms with Gasteiger partial charge in [0.2, 0.25) is 9.84 Å². The number of hydrogen-bond acceptors (Lipinski definition) is 5. The monoisotopic (exact) mass is 487 g/mol. The van der Waals surface area contributed by atoms with Crippen molar-refractivity contribution in [1.82, 2.24) is 0 Å². The predicted octanol–water partition coefficient (Wildman–Crippen LogP) is 5.00. The van der Waals surface area contributed by atoms with Crippen molar-refractivity contribution in [3.63, 3.8) is 0 Å². The van der Waals surface area contributed by atoms with E-state index in [1.807, 2.05) is 0 Å². The maximum absolute atomic E-state index is 13.7. The lowest BCUT2D eigenvalue weighted by Crippen LogP contribution is -2.28. The van der Waals surface area contributed by atoms with Crippen molar-refractivity contribution in [2.45, 2.75) is 5.37 Å². The van der Waals surface area contributed by atoms with Crippen LogP contribution in [0, 0.1) is 5.82 Å². The van der Waals surface area contributed by atoms with Crippen molar-refractivity contribution in [2.75, 3.05) is 19.1 Å². The fraction of sp³-hybridized carbons (Fsp3) is 0.125. The summed E-state index contributed by atoms with van der Waals surface area (Å²) in [6, 6.07) is 16.1. The van der Waals surface area contributed by atoms with Gasteiger partial charge in [-0.1, -0.05) is 23.7 Å². The van der Waals surface area contributed by atoms with Crippen molar-refractivity contribution >= 4 is 39.1 Å². The highest BCUT2D eigenvalue weighted by Crippen LogP contribution is 2.44. The van der Waals surface area contributed by atoms with Gasteiger partial charge in [0.15, 0.2) is 5.37 Å². The normalized spacial score (nSPS) is 18.5. The Morgan fingerprint density at radius 1 is 0.970 bits per heavy atom. The largest absolute Gasteiger partial charge is 0.497 e. The predicted molar refractivity (Wildman–Crippen MR) is 125 cm³/mol. The highest BCUT2D eigenvalue weighted by Gasteiger charge is 2.50. The Labute approximate surface area is 195 Å². The summed E-state index contributed by atoms with van der Waals surface area (Å²) in [5, 5.41) is -0.937. The topological polar surface area (TPSA) is 72.9 Å². The Hall–Kier alpha value is -3.36. The van der Waals surface area contributed by atoms with Crippen LogP contribution in [0.5, 0.6) is 11.5 Å². The van der Waals surface area contributed by atoms with E-state index in [0.29, 0.717) is 27.8 Å². The number of carbonyl (C=O) groups excluding carboxylic acids is 1. The standard InChI is InChI=1S/C24H19ClFNO5S/c1-31-20-12-5-16(21(14-20)32-2)13-22-23(28)27(19-10-6-17(25)7-11-19)24(33(22,29)30)15-3-8-18(26)9-4-15/h3-14,24H,1-2H3/b22-13+/t24-/m0/s1. The molecule has 1 aliphatic heterocycles. The first-order chi connectivity index (χ1) is 15.8. The van der Waals surface area contributed by atoms with Crippen LogP contribution >= 0.6 is 11.6 Å². The molecule has 1 atom stereocenters. The molecule has 1 aliphatic rings. The van der Waals surface area contributed by atoms with E-state index in [2.05, 4.69) is 0 Å². The molecule has 33 heavy (non-hydrogen) atoms. The minimum Gasteiger partial charge on any atom is -0.497 e. The van der Waals surface area contributed by atoms with Crippen LogP contribution in [0.3, 0.4) is 0 Å². The minimum atomic E-state index is -4.19. The van der Waals surface area contributed by atoms with Gasteiger partial charge in [0.1, 0.15) is 22.2 Å². The van der Waals surface area contributed by atoms with E-state index >= 15 is 0 Å². The van der Waals surface area contributed by atoms with Crippen molar-refractivity contribution in [1.29, 1.82) is 0 Å². The number of hydrogen-bond donors (Lipinski definition) is 0. The number of amides is 1. The highest BCUT2D eigenvalue weighted by molar-refractivity contribution is 7.97. The van der Waals surface area contributed by atoms with Crippen molar-refractivity contribution in [3.05, 3.63) is 93.6 Å². The van der Waals surface area contributed by atoms with E-state index in [1.54, 1.807) is 42.5 Å². The molecule has 3 aromatic carbocycles. The van der Waals surface area contributed by atoms with E-state index in [-0.39, 0.29) is 5.56 Å². The first-order valence-corrected chi connectivity index (χ1v) is 11.7. The second kappa shape index (κ2) is 8.88. The third kappa shape index (κ3) is 4.19. The molecule has 0 radical (unpaired) electrons. The highest BCUT2D eigenvalue weighted by atomic mass is 35.5. The van der Waals surface area contributed by atoms with E-state index in [0.717, 1.165) is 12.1 Å². The number of rotatable bonds is 5. The van der Waals surface area contributed by atoms with Gasteiger partial charge in [-0.15, -0.1) is 0 Å². The number of ether oxygens (including phenoxy) is 2. The molecule has 9 heteroatoms. The molecule has 0 aliphatic carbocycles. The van der Waals surface area contributed by atoms with Crippen LogP contribution in [-0.2, 0) is 14.6 Å². The Balaban J connectivity index is 1.91. The molecule has 1 heterocycles. The van der Waals surface area contributed by atoms with Crippen LogP contribution in [0.4, 0.5) is 10.1 Å². The SMILES string of the molecule is COc1ccc(/C=C2\C(=O)N(c3ccc(Cl)cc3)[C@H](c3ccc(F)cc3)S2(=O)=O)c(OC)c1. The first kappa shape index (κ1) is 22.8. The van der Waals surface area contributed by atoms with E-state index in [1.165, 1.54) is 37.3 Å². The molecule has 170 valence electrons. The fourth-order valence-electron chi connectivity index (χ4n) is 3.64. The third-order valence-corrected chi connectivity index (χ3v) is 7.48. The number of carbonyl (C=O) groups is 1. The zero-order valence-corrected chi connectivity index (χ0v) is 19.2. The second-order valence-corrected chi connectivity index (χ2v) is 9.63. The van der Waals surface area contributed by atoms with Crippen LogP contribution in [0.25, 0.3) is 6.08 Å². The smallest absolute Gasteiger partial charge is 0.271 e. The number of halogens is 2. The molecular formula is C24H19ClFNO5S. The Kier molecular flexibility index (Phi) is 6.14. The van der Waals surface area contributed by atoms with Gasteiger partial charge < -0.3 is 9.47 Å². The van der Waals surface area contributed by atoms with Crippen LogP contribution < -0.4 is 14.4 Å². The molecule has 4 rings (SSSR count). The molecule has 0 aromatic heterocycles. The molecule has 0 N–H and O–H groups in total. The number of methoxy groups -OCH3 is 2. The molecule has 1 amide bonds. The lowest BCUT2D eigenvalue weighted by atomic mass is 10.1. The van der Waals surface area contributed by atoms with Crippen LogP contribution in [-0.4, -0.2) is 28.5 Å². The molecular weight excluding hydrogens is 469 g/mol. The van der Waals surface area contributed by atoms with Crippen LogP contribution in [0.2, 0.25) is 5.02 Å². The summed E-state index contributed by atoms with van der Waals surface area (Å²) in [4.78, 5) is 14.3. The minimum absolute atomic E-state index is 0.254. The Morgan fingerprint density at radius 3 is 2.24 bits per heavy atom. The van der Waals surface area contributed by atoms with Gasteiger partial charge in [0.25, 0.3) is 5.91 Å². The Morgan fingerprint density at radius 2 is 1.64 bits per heavy atom. The van der Waals surface area contributed by atoms with E-state index in [4.69, 9.17) is 21.1 Å². The number of benzene rings is 3. The zero-order valence-electron chi connectivity index (χ0n) is 17.7. The molecule has 0 saturated carbocycles. The van der Waals surface area contributed by atoms with Gasteiger partial charge in [0, 0.05) is 22.3 Å². The van der Waals surface area contributed by atoms with Gasteiger partial charge in [0.05, 0.1) is 14.2 Å². The Bertz CT molecular complexity index is 1340. The average molecular weight is 488 g/mol. The third-order valence-electron chi connectivity index (χ3n) is 5.25. The summed E-state index contributed by atoms with van der Waals surface area (Å²) in [5.74, 6) is -0.378. The summed E-state index contributed by atoms with van der Waals surface area (Å²) in [5.41, 5.74) is 0.984. The van der Waals surface area contributed by atoms with Crippen molar-refractivity contribution in [2.24, 2.45) is 0 Å². The van der Waals surface area contributed by atoms with E-state index < -0.39 is 31.8 Å². The average Bonchev–Trinajstić information content (AvgIpc) is 3.00. The van der Waals surface area contributed by atoms with Gasteiger partial charge in [-0.25, -0.2) is 12.8 Å². The molecule has 1 saturated heterocycles. The molecule has 6 nitrogen and oxygen atoms in total. The van der Waals surface area contributed by atoms with Gasteiger partial charge >= 0.3 is 0 Å². The summed E-state index contributed by atoms with van der Waals surface area (Å²) in [6.07, 6.45) is 1.28. The second-order valence-electron chi connectivity index (χ2n) is 7.22. The maximum Gasteiger partial charge on any atom is 0.271 e. The molecule has 0 bridgehead atoms. The van der Waals surface area contributed by atoms with Crippen molar-refractivity contribution in [3.8, 4) is 11.5 Å². The summed E-state index contributed by atoms with van der Waals surface area (Å²) < 4.78 is 51.4. The van der Waals surface area contributed by atoms with E-state index in [9.17, 15) is 17.6 Å². The quantitative estimate of drug-likeness (QED) is 0.474. The van der Waals surface area contributed by atoms with Crippen LogP contribution in [0.1, 0.15) is 16.5 Å². The summed E-state index contributed by atoms with van der Waals surface area (Å²) in [6.45, 7) is 0. The van der Waals surface area contributed by atoms with Gasteiger partial charge in [-0.05, 0) is 60.2 Å². The van der Waals surface area contributed by atoms with Crippen LogP contribution in [0.15, 0.2) is 71.6 Å². The fourth-order valence-corrected chi connectivity index (χ4v) is 5.65. The lowest BCUT2D eigenvalue weighted by Gasteiger charge is -2.23. The zero-order chi connectivity index (χ0) is 23.8. The summed E-state index contributed by atoms with van der Waals surface area (Å²) >= 11 is 5.98. The maximum atomic E-state index is 13.7. The number of sulfone groups is 1. The van der Waals surface area contributed by atoms with Gasteiger partial charge in [-0.3, -0.25) is 9.69 Å². The first-order valence-electron chi connectivity index (χ1n) is 9.78.